The molecule has 0 spiro atoms. The summed E-state index contributed by atoms with van der Waals surface area (Å²) < 4.78 is 0.864. The van der Waals surface area contributed by atoms with Crippen LogP contribution >= 0.6 is 15.9 Å². The van der Waals surface area contributed by atoms with Crippen molar-refractivity contribution >= 4 is 38.9 Å². The number of nitro groups is 1. The van der Waals surface area contributed by atoms with Gasteiger partial charge in [0, 0.05) is 33.5 Å². The van der Waals surface area contributed by atoms with E-state index in [1.54, 1.807) is 12.1 Å². The summed E-state index contributed by atoms with van der Waals surface area (Å²) in [6, 6.07) is 11.0. The zero-order valence-electron chi connectivity index (χ0n) is 10.7. The van der Waals surface area contributed by atoms with E-state index >= 15 is 0 Å². The third-order valence-corrected chi connectivity index (χ3v) is 3.71. The minimum atomic E-state index is -0.570. The Balaban J connectivity index is 1.92. The molecule has 1 aliphatic rings. The number of anilines is 2. The Morgan fingerprint density at radius 3 is 2.81 bits per heavy atom. The predicted molar refractivity (Wildman–Crippen MR) is 82.2 cm³/mol. The second-order valence-corrected chi connectivity index (χ2v) is 5.52. The van der Waals surface area contributed by atoms with Crippen molar-refractivity contribution in [3.63, 3.8) is 0 Å². The number of fused-ring (bicyclic) bond motifs is 1. The van der Waals surface area contributed by atoms with E-state index in [1.807, 2.05) is 18.2 Å². The standard InChI is InChI=1S/C14H10BrN3O3/c15-8-4-5-12-11(6-8)13(14(19)17-12)16-9-2-1-3-10(7-9)18(20)21/h1-7,13,16H,(H,17,19). The molecule has 1 unspecified atom stereocenters. The molecule has 0 saturated heterocycles. The first kappa shape index (κ1) is 13.6. The Hall–Kier alpha value is -2.41. The van der Waals surface area contributed by atoms with Crippen LogP contribution in [0.2, 0.25) is 0 Å². The van der Waals surface area contributed by atoms with Crippen molar-refractivity contribution < 1.29 is 9.72 Å². The molecule has 0 fully saturated rings. The molecule has 7 heteroatoms. The fourth-order valence-corrected chi connectivity index (χ4v) is 2.63. The van der Waals surface area contributed by atoms with Crippen LogP contribution in [0.25, 0.3) is 0 Å². The molecule has 0 aromatic heterocycles. The van der Waals surface area contributed by atoms with Crippen LogP contribution in [0.15, 0.2) is 46.9 Å². The summed E-state index contributed by atoms with van der Waals surface area (Å²) in [6.45, 7) is 0. The number of carbonyl (C=O) groups is 1. The molecule has 0 radical (unpaired) electrons. The lowest BCUT2D eigenvalue weighted by Gasteiger charge is -2.13. The van der Waals surface area contributed by atoms with Crippen molar-refractivity contribution in [2.75, 3.05) is 10.6 Å². The Kier molecular flexibility index (Phi) is 3.34. The van der Waals surface area contributed by atoms with Gasteiger partial charge in [-0.2, -0.15) is 0 Å². The minimum Gasteiger partial charge on any atom is -0.370 e. The molecule has 1 amide bonds. The van der Waals surface area contributed by atoms with Gasteiger partial charge in [-0.05, 0) is 24.3 Å². The summed E-state index contributed by atoms with van der Waals surface area (Å²) in [5.41, 5.74) is 2.05. The number of amides is 1. The molecule has 0 saturated carbocycles. The Labute approximate surface area is 128 Å². The number of halogens is 1. The number of non-ortho nitro benzene ring substituents is 1. The summed E-state index contributed by atoms with van der Waals surface area (Å²) in [4.78, 5) is 22.4. The van der Waals surface area contributed by atoms with Crippen LogP contribution in [-0.2, 0) is 4.79 Å². The number of hydrogen-bond donors (Lipinski definition) is 2. The third kappa shape index (κ3) is 2.59. The fourth-order valence-electron chi connectivity index (χ4n) is 2.25. The van der Waals surface area contributed by atoms with Crippen LogP contribution in [-0.4, -0.2) is 10.8 Å². The van der Waals surface area contributed by atoms with Gasteiger partial charge in [-0.3, -0.25) is 14.9 Å². The maximum Gasteiger partial charge on any atom is 0.271 e. The third-order valence-electron chi connectivity index (χ3n) is 3.21. The average Bonchev–Trinajstić information content (AvgIpc) is 2.75. The number of nitro benzene ring substituents is 1. The molecule has 3 rings (SSSR count). The highest BCUT2D eigenvalue weighted by molar-refractivity contribution is 9.10. The molecule has 2 N–H and O–H groups in total. The molecule has 1 atom stereocenters. The topological polar surface area (TPSA) is 84.3 Å². The van der Waals surface area contributed by atoms with Gasteiger partial charge in [0.05, 0.1) is 4.92 Å². The van der Waals surface area contributed by atoms with Gasteiger partial charge in [0.15, 0.2) is 0 Å². The van der Waals surface area contributed by atoms with E-state index in [4.69, 9.17) is 0 Å². The summed E-state index contributed by atoms with van der Waals surface area (Å²) in [7, 11) is 0. The van der Waals surface area contributed by atoms with Gasteiger partial charge >= 0.3 is 0 Å². The summed E-state index contributed by atoms with van der Waals surface area (Å²) in [5.74, 6) is -0.186. The first-order chi connectivity index (χ1) is 10.0. The lowest BCUT2D eigenvalue weighted by molar-refractivity contribution is -0.384. The van der Waals surface area contributed by atoms with E-state index in [-0.39, 0.29) is 11.6 Å². The lowest BCUT2D eigenvalue weighted by atomic mass is 10.1. The SMILES string of the molecule is O=C1Nc2ccc(Br)cc2C1Nc1cccc([N+](=O)[O-])c1. The number of nitrogens with one attached hydrogen (secondary N) is 2. The number of nitrogens with zero attached hydrogens (tertiary/aromatic N) is 1. The van der Waals surface area contributed by atoms with Crippen molar-refractivity contribution in [2.24, 2.45) is 0 Å². The van der Waals surface area contributed by atoms with Gasteiger partial charge in [0.1, 0.15) is 6.04 Å². The number of rotatable bonds is 3. The Bertz CT molecular complexity index is 748. The van der Waals surface area contributed by atoms with E-state index in [0.717, 1.165) is 15.7 Å². The van der Waals surface area contributed by atoms with Crippen LogP contribution in [0, 0.1) is 10.1 Å². The molecule has 21 heavy (non-hydrogen) atoms. The van der Waals surface area contributed by atoms with Crippen LogP contribution in [0.3, 0.4) is 0 Å². The second kappa shape index (κ2) is 5.17. The van der Waals surface area contributed by atoms with Crippen molar-refractivity contribution in [1.82, 2.24) is 0 Å². The molecule has 1 heterocycles. The van der Waals surface area contributed by atoms with Gasteiger partial charge in [0.25, 0.3) is 11.6 Å². The summed E-state index contributed by atoms with van der Waals surface area (Å²) in [5, 5.41) is 16.6. The largest absolute Gasteiger partial charge is 0.370 e. The van der Waals surface area contributed by atoms with E-state index < -0.39 is 11.0 Å². The zero-order chi connectivity index (χ0) is 15.0. The van der Waals surface area contributed by atoms with Crippen molar-refractivity contribution in [3.8, 4) is 0 Å². The van der Waals surface area contributed by atoms with Gasteiger partial charge in [-0.15, -0.1) is 0 Å². The first-order valence-electron chi connectivity index (χ1n) is 6.16. The molecule has 6 nitrogen and oxygen atoms in total. The zero-order valence-corrected chi connectivity index (χ0v) is 12.3. The van der Waals surface area contributed by atoms with Gasteiger partial charge in [-0.1, -0.05) is 22.0 Å². The monoisotopic (exact) mass is 347 g/mol. The number of carbonyl (C=O) groups excluding carboxylic acids is 1. The smallest absolute Gasteiger partial charge is 0.271 e. The summed E-state index contributed by atoms with van der Waals surface area (Å²) in [6.07, 6.45) is 0. The average molecular weight is 348 g/mol. The van der Waals surface area contributed by atoms with E-state index in [1.165, 1.54) is 12.1 Å². The number of benzene rings is 2. The quantitative estimate of drug-likeness (QED) is 0.657. The molecule has 106 valence electrons. The first-order valence-corrected chi connectivity index (χ1v) is 6.95. The predicted octanol–water partition coefficient (Wildman–Crippen LogP) is 3.46. The molecular formula is C14H10BrN3O3. The van der Waals surface area contributed by atoms with E-state index in [2.05, 4.69) is 26.6 Å². The molecule has 2 aromatic carbocycles. The molecule has 2 aromatic rings. The van der Waals surface area contributed by atoms with Crippen LogP contribution in [0.1, 0.15) is 11.6 Å². The van der Waals surface area contributed by atoms with Crippen molar-refractivity contribution in [2.45, 2.75) is 6.04 Å². The maximum absolute atomic E-state index is 12.0. The molecular weight excluding hydrogens is 338 g/mol. The lowest BCUT2D eigenvalue weighted by Crippen LogP contribution is -2.19. The Morgan fingerprint density at radius 1 is 1.24 bits per heavy atom. The Morgan fingerprint density at radius 2 is 2.05 bits per heavy atom. The van der Waals surface area contributed by atoms with Gasteiger partial charge < -0.3 is 10.6 Å². The highest BCUT2D eigenvalue weighted by Gasteiger charge is 2.30. The summed E-state index contributed by atoms with van der Waals surface area (Å²) >= 11 is 3.37. The van der Waals surface area contributed by atoms with Crippen LogP contribution < -0.4 is 10.6 Å². The second-order valence-electron chi connectivity index (χ2n) is 4.61. The molecule has 0 bridgehead atoms. The normalized spacial score (nSPS) is 16.2. The maximum atomic E-state index is 12.0. The highest BCUT2D eigenvalue weighted by Crippen LogP contribution is 2.35. The molecule has 0 aliphatic carbocycles. The van der Waals surface area contributed by atoms with Gasteiger partial charge in [0.2, 0.25) is 0 Å². The van der Waals surface area contributed by atoms with Crippen molar-refractivity contribution in [1.29, 1.82) is 0 Å². The highest BCUT2D eigenvalue weighted by atomic mass is 79.9. The minimum absolute atomic E-state index is 0.0205. The van der Waals surface area contributed by atoms with Crippen molar-refractivity contribution in [3.05, 3.63) is 62.6 Å². The van der Waals surface area contributed by atoms with Crippen LogP contribution in [0.5, 0.6) is 0 Å². The van der Waals surface area contributed by atoms with E-state index in [0.29, 0.717) is 5.69 Å². The molecule has 1 aliphatic heterocycles. The van der Waals surface area contributed by atoms with Crippen LogP contribution in [0.4, 0.5) is 17.1 Å². The number of hydrogen-bond acceptors (Lipinski definition) is 4. The van der Waals surface area contributed by atoms with E-state index in [9.17, 15) is 14.9 Å². The van der Waals surface area contributed by atoms with Gasteiger partial charge in [-0.25, -0.2) is 0 Å². The fraction of sp³-hybridized carbons (Fsp3) is 0.0714.